The zero-order valence-electron chi connectivity index (χ0n) is 23.1. The maximum atomic E-state index is 3.91. The van der Waals surface area contributed by atoms with Gasteiger partial charge >= 0.3 is 0 Å². The standard InChI is InChI=1S/C15H26.C11H20.2C2H6/c1-8-12(3)10-11-13(4)14(5)15(6,7)9-2;1-3-6-10(2)9-11-7-4-5-8-11;2*1-2/h8-11,13-14H,2H2,1,3-7H3;6,11H,3-5,7-9H2,1-2H3;2*1-2H3/b11-10-,12-8-;10-6+;;. The molecule has 0 bridgehead atoms. The summed E-state index contributed by atoms with van der Waals surface area (Å²) in [7, 11) is 0. The second-order valence-corrected chi connectivity index (χ2v) is 8.88. The van der Waals surface area contributed by atoms with Crippen LogP contribution < -0.4 is 0 Å². The van der Waals surface area contributed by atoms with Crippen LogP contribution in [0, 0.1) is 23.2 Å². The van der Waals surface area contributed by atoms with Crippen molar-refractivity contribution >= 4 is 0 Å². The van der Waals surface area contributed by atoms with Crippen LogP contribution in [0.15, 0.2) is 48.1 Å². The minimum absolute atomic E-state index is 0.202. The number of hydrogen-bond acceptors (Lipinski definition) is 0. The van der Waals surface area contributed by atoms with E-state index in [2.05, 4.69) is 92.3 Å². The smallest absolute Gasteiger partial charge is 0.0146 e. The third-order valence-corrected chi connectivity index (χ3v) is 6.24. The Morgan fingerprint density at radius 3 is 1.93 bits per heavy atom. The maximum absolute atomic E-state index is 3.91. The Labute approximate surface area is 193 Å². The highest BCUT2D eigenvalue weighted by atomic mass is 14.3. The topological polar surface area (TPSA) is 0 Å². The molecule has 0 aromatic rings. The summed E-state index contributed by atoms with van der Waals surface area (Å²) in [5.74, 6) is 2.21. The van der Waals surface area contributed by atoms with Crippen LogP contribution >= 0.6 is 0 Å². The molecule has 30 heavy (non-hydrogen) atoms. The van der Waals surface area contributed by atoms with E-state index in [1.165, 1.54) is 44.1 Å². The average molecular weight is 419 g/mol. The van der Waals surface area contributed by atoms with Crippen molar-refractivity contribution in [2.24, 2.45) is 23.2 Å². The van der Waals surface area contributed by atoms with E-state index in [-0.39, 0.29) is 5.41 Å². The first kappa shape index (κ1) is 33.6. The fourth-order valence-electron chi connectivity index (χ4n) is 3.53. The lowest BCUT2D eigenvalue weighted by molar-refractivity contribution is 0.253. The second kappa shape index (κ2) is 21.2. The number of hydrogen-bond donors (Lipinski definition) is 0. The molecule has 0 heteroatoms. The largest absolute Gasteiger partial charge is 0.103 e. The molecule has 1 fully saturated rings. The zero-order valence-corrected chi connectivity index (χ0v) is 23.1. The third-order valence-electron chi connectivity index (χ3n) is 6.24. The van der Waals surface area contributed by atoms with Gasteiger partial charge in [-0.1, -0.05) is 130 Å². The molecule has 0 heterocycles. The summed E-state index contributed by atoms with van der Waals surface area (Å²) in [6.07, 6.45) is 19.6. The van der Waals surface area contributed by atoms with Gasteiger partial charge in [-0.2, -0.15) is 0 Å². The van der Waals surface area contributed by atoms with Crippen LogP contribution in [0.1, 0.15) is 122 Å². The molecule has 0 radical (unpaired) electrons. The molecule has 0 aromatic heterocycles. The van der Waals surface area contributed by atoms with Crippen molar-refractivity contribution in [1.82, 2.24) is 0 Å². The second-order valence-electron chi connectivity index (χ2n) is 8.88. The highest BCUT2D eigenvalue weighted by Crippen LogP contribution is 2.34. The number of rotatable bonds is 8. The van der Waals surface area contributed by atoms with Gasteiger partial charge in [0.15, 0.2) is 0 Å². The van der Waals surface area contributed by atoms with Gasteiger partial charge in [0, 0.05) is 0 Å². The minimum Gasteiger partial charge on any atom is -0.103 e. The Balaban J connectivity index is -0.000000428. The Hall–Kier alpha value is -1.04. The molecule has 0 aliphatic heterocycles. The van der Waals surface area contributed by atoms with Gasteiger partial charge in [0.1, 0.15) is 0 Å². The van der Waals surface area contributed by atoms with Crippen molar-refractivity contribution in [2.75, 3.05) is 0 Å². The molecule has 178 valence electrons. The van der Waals surface area contributed by atoms with Crippen LogP contribution in [-0.4, -0.2) is 0 Å². The zero-order chi connectivity index (χ0) is 24.2. The van der Waals surface area contributed by atoms with Gasteiger partial charge in [-0.05, 0) is 56.8 Å². The summed E-state index contributed by atoms with van der Waals surface area (Å²) >= 11 is 0. The molecular weight excluding hydrogens is 360 g/mol. The summed E-state index contributed by atoms with van der Waals surface area (Å²) in [5.41, 5.74) is 3.14. The van der Waals surface area contributed by atoms with Crippen molar-refractivity contribution in [2.45, 2.75) is 122 Å². The van der Waals surface area contributed by atoms with Gasteiger partial charge in [-0.25, -0.2) is 0 Å². The highest BCUT2D eigenvalue weighted by Gasteiger charge is 2.25. The Morgan fingerprint density at radius 1 is 1.03 bits per heavy atom. The lowest BCUT2D eigenvalue weighted by atomic mass is 9.73. The molecule has 0 amide bonds. The normalized spacial score (nSPS) is 17.1. The van der Waals surface area contributed by atoms with Gasteiger partial charge in [-0.3, -0.25) is 0 Å². The van der Waals surface area contributed by atoms with E-state index in [9.17, 15) is 0 Å². The first-order chi connectivity index (χ1) is 14.2. The summed E-state index contributed by atoms with van der Waals surface area (Å²) in [6, 6.07) is 0. The van der Waals surface area contributed by atoms with Crippen molar-refractivity contribution in [1.29, 1.82) is 0 Å². The van der Waals surface area contributed by atoms with Crippen molar-refractivity contribution in [3.8, 4) is 0 Å². The molecule has 1 saturated carbocycles. The van der Waals surface area contributed by atoms with Crippen molar-refractivity contribution < 1.29 is 0 Å². The van der Waals surface area contributed by atoms with E-state index in [0.717, 1.165) is 5.92 Å². The van der Waals surface area contributed by atoms with Crippen molar-refractivity contribution in [3.05, 3.63) is 48.1 Å². The first-order valence-electron chi connectivity index (χ1n) is 12.8. The van der Waals surface area contributed by atoms with Crippen LogP contribution in [-0.2, 0) is 0 Å². The van der Waals surface area contributed by atoms with Gasteiger partial charge in [0.25, 0.3) is 0 Å². The predicted octanol–water partition coefficient (Wildman–Crippen LogP) is 11.0. The van der Waals surface area contributed by atoms with E-state index in [4.69, 9.17) is 0 Å². The van der Waals surface area contributed by atoms with Gasteiger partial charge in [0.05, 0.1) is 0 Å². The first-order valence-corrected chi connectivity index (χ1v) is 12.8. The van der Waals surface area contributed by atoms with Crippen LogP contribution in [0.25, 0.3) is 0 Å². The molecule has 1 aliphatic rings. The molecule has 2 atom stereocenters. The fraction of sp³-hybridized carbons (Fsp3) is 0.733. The third kappa shape index (κ3) is 16.7. The Morgan fingerprint density at radius 2 is 1.53 bits per heavy atom. The van der Waals surface area contributed by atoms with Crippen LogP contribution in [0.4, 0.5) is 0 Å². The van der Waals surface area contributed by atoms with E-state index < -0.39 is 0 Å². The van der Waals surface area contributed by atoms with E-state index in [1.807, 2.05) is 27.7 Å². The van der Waals surface area contributed by atoms with E-state index >= 15 is 0 Å². The molecule has 0 nitrogen and oxygen atoms in total. The quantitative estimate of drug-likeness (QED) is 0.271. The average Bonchev–Trinajstić information content (AvgIpc) is 3.27. The summed E-state index contributed by atoms with van der Waals surface area (Å²) in [6.45, 7) is 29.7. The molecule has 1 aliphatic carbocycles. The Kier molecular flexibility index (Phi) is 23.7. The van der Waals surface area contributed by atoms with E-state index in [1.54, 1.807) is 5.57 Å². The molecule has 0 spiro atoms. The molecular formula is C30H58. The van der Waals surface area contributed by atoms with Crippen molar-refractivity contribution in [3.63, 3.8) is 0 Å². The van der Waals surface area contributed by atoms with Crippen LogP contribution in [0.2, 0.25) is 0 Å². The van der Waals surface area contributed by atoms with Crippen LogP contribution in [0.3, 0.4) is 0 Å². The SMILES string of the molecule is C=CC(C)(C)C(C)C(C)/C=C\C(C)=C/C.CC.CC.CC/C=C(\C)CC1CCCC1. The molecule has 1 rings (SSSR count). The highest BCUT2D eigenvalue weighted by molar-refractivity contribution is 5.16. The molecule has 0 aromatic carbocycles. The molecule has 0 saturated heterocycles. The summed E-state index contributed by atoms with van der Waals surface area (Å²) < 4.78 is 0. The maximum Gasteiger partial charge on any atom is -0.0146 e. The summed E-state index contributed by atoms with van der Waals surface area (Å²) in [4.78, 5) is 0. The van der Waals surface area contributed by atoms with E-state index in [0.29, 0.717) is 11.8 Å². The lowest BCUT2D eigenvalue weighted by Crippen LogP contribution is -2.23. The fourth-order valence-corrected chi connectivity index (χ4v) is 3.53. The molecule has 2 unspecified atom stereocenters. The minimum atomic E-state index is 0.202. The number of allylic oxidation sites excluding steroid dienone is 7. The van der Waals surface area contributed by atoms with Gasteiger partial charge < -0.3 is 0 Å². The Bertz CT molecular complexity index is 466. The lowest BCUT2D eigenvalue weighted by Gasteiger charge is -2.31. The van der Waals surface area contributed by atoms with Gasteiger partial charge in [-0.15, -0.1) is 6.58 Å². The van der Waals surface area contributed by atoms with Crippen LogP contribution in [0.5, 0.6) is 0 Å². The predicted molar refractivity (Wildman–Crippen MR) is 144 cm³/mol. The summed E-state index contributed by atoms with van der Waals surface area (Å²) in [5, 5.41) is 0. The van der Waals surface area contributed by atoms with Gasteiger partial charge in [0.2, 0.25) is 0 Å². The molecule has 0 N–H and O–H groups in total. The monoisotopic (exact) mass is 418 g/mol.